The first kappa shape index (κ1) is 15.5. The summed E-state index contributed by atoms with van der Waals surface area (Å²) in [7, 11) is 0. The van der Waals surface area contributed by atoms with Crippen molar-refractivity contribution in [3.63, 3.8) is 0 Å². The summed E-state index contributed by atoms with van der Waals surface area (Å²) in [5.74, 6) is 0.134. The van der Waals surface area contributed by atoms with Gasteiger partial charge < -0.3 is 4.90 Å². The Kier molecular flexibility index (Phi) is 4.92. The number of carbonyl (C=O) groups is 1. The van der Waals surface area contributed by atoms with E-state index >= 15 is 0 Å². The molecule has 0 spiro atoms. The third-order valence-electron chi connectivity index (χ3n) is 4.34. The number of allylic oxidation sites excluding steroid dienone is 1. The van der Waals surface area contributed by atoms with E-state index in [2.05, 4.69) is 37.3 Å². The molecular formula is C21H23NO. The minimum atomic E-state index is 0.0516. The Hall–Kier alpha value is -2.35. The largest absolute Gasteiger partial charge is 0.324 e. The molecule has 2 nitrogen and oxygen atoms in total. The number of amides is 1. The van der Waals surface area contributed by atoms with Gasteiger partial charge in [-0.3, -0.25) is 4.79 Å². The van der Waals surface area contributed by atoms with Gasteiger partial charge in [-0.2, -0.15) is 0 Å². The summed E-state index contributed by atoms with van der Waals surface area (Å²) in [5.41, 5.74) is 3.13. The molecule has 1 heterocycles. The number of fused-ring (bicyclic) bond motifs is 1. The molecule has 2 heteroatoms. The van der Waals surface area contributed by atoms with E-state index in [9.17, 15) is 4.79 Å². The summed E-state index contributed by atoms with van der Waals surface area (Å²) in [6, 6.07) is 18.2. The zero-order valence-electron chi connectivity index (χ0n) is 13.6. The Morgan fingerprint density at radius 3 is 2.57 bits per heavy atom. The molecule has 0 radical (unpaired) electrons. The Balaban J connectivity index is 1.87. The van der Waals surface area contributed by atoms with Crippen LogP contribution in [0, 0.1) is 0 Å². The molecular weight excluding hydrogens is 282 g/mol. The molecule has 0 aromatic heterocycles. The normalized spacial score (nSPS) is 17.0. The van der Waals surface area contributed by atoms with Crippen LogP contribution >= 0.6 is 0 Å². The van der Waals surface area contributed by atoms with Crippen molar-refractivity contribution in [3.8, 4) is 0 Å². The van der Waals surface area contributed by atoms with Crippen molar-refractivity contribution in [2.24, 2.45) is 0 Å². The fraction of sp³-hybridized carbons (Fsp3) is 0.286. The number of hydrogen-bond donors (Lipinski definition) is 0. The molecule has 23 heavy (non-hydrogen) atoms. The van der Waals surface area contributed by atoms with Crippen LogP contribution in [-0.4, -0.2) is 10.8 Å². The van der Waals surface area contributed by atoms with E-state index in [1.807, 2.05) is 41.3 Å². The van der Waals surface area contributed by atoms with Gasteiger partial charge in [0, 0.05) is 12.1 Å². The predicted octanol–water partition coefficient (Wildman–Crippen LogP) is 5.13. The van der Waals surface area contributed by atoms with Gasteiger partial charge in [-0.1, -0.05) is 80.4 Å². The quantitative estimate of drug-likeness (QED) is 0.535. The molecule has 0 aliphatic carbocycles. The van der Waals surface area contributed by atoms with Crippen LogP contribution in [-0.2, 0) is 6.54 Å². The Morgan fingerprint density at radius 2 is 1.78 bits per heavy atom. The number of rotatable bonds is 6. The number of hydrogen-bond acceptors (Lipinski definition) is 1. The molecule has 118 valence electrons. The predicted molar refractivity (Wildman–Crippen MR) is 94.2 cm³/mol. The van der Waals surface area contributed by atoms with Gasteiger partial charge in [0.25, 0.3) is 5.91 Å². The summed E-state index contributed by atoms with van der Waals surface area (Å²) in [6.45, 7) is 2.85. The van der Waals surface area contributed by atoms with Crippen LogP contribution in [0.5, 0.6) is 0 Å². The summed E-state index contributed by atoms with van der Waals surface area (Å²) < 4.78 is 0. The highest BCUT2D eigenvalue weighted by Crippen LogP contribution is 2.35. The molecule has 1 amide bonds. The first-order chi connectivity index (χ1) is 11.3. The van der Waals surface area contributed by atoms with Gasteiger partial charge >= 0.3 is 0 Å². The van der Waals surface area contributed by atoms with Gasteiger partial charge in [0.1, 0.15) is 0 Å². The maximum Gasteiger partial charge on any atom is 0.255 e. The number of carbonyl (C=O) groups excluding carboxylic acids is 1. The number of unbranched alkanes of at least 4 members (excludes halogenated alkanes) is 2. The molecule has 1 aliphatic heterocycles. The molecule has 1 atom stereocenters. The van der Waals surface area contributed by atoms with E-state index in [1.165, 1.54) is 18.4 Å². The molecule has 0 saturated heterocycles. The average Bonchev–Trinajstić information content (AvgIpc) is 2.86. The minimum Gasteiger partial charge on any atom is -0.324 e. The van der Waals surface area contributed by atoms with Crippen molar-refractivity contribution < 1.29 is 4.79 Å². The van der Waals surface area contributed by atoms with Crippen molar-refractivity contribution >= 4 is 5.91 Å². The van der Waals surface area contributed by atoms with Gasteiger partial charge in [-0.25, -0.2) is 0 Å². The van der Waals surface area contributed by atoms with Crippen molar-refractivity contribution in [3.05, 3.63) is 83.4 Å². The van der Waals surface area contributed by atoms with E-state index in [-0.39, 0.29) is 11.9 Å². The lowest BCUT2D eigenvalue weighted by atomic mass is 10.0. The SMILES string of the molecule is CCCC/C=C/C1c2ccccc2C(=O)N1Cc1ccccc1. The van der Waals surface area contributed by atoms with Crippen LogP contribution < -0.4 is 0 Å². The first-order valence-corrected chi connectivity index (χ1v) is 8.41. The lowest BCUT2D eigenvalue weighted by Crippen LogP contribution is -2.26. The van der Waals surface area contributed by atoms with Crippen molar-refractivity contribution in [1.82, 2.24) is 4.90 Å². The smallest absolute Gasteiger partial charge is 0.255 e. The van der Waals surface area contributed by atoms with Crippen molar-refractivity contribution in [1.29, 1.82) is 0 Å². The molecule has 2 aromatic carbocycles. The Bertz CT molecular complexity index is 690. The zero-order chi connectivity index (χ0) is 16.1. The van der Waals surface area contributed by atoms with Crippen LogP contribution in [0.25, 0.3) is 0 Å². The second kappa shape index (κ2) is 7.28. The van der Waals surface area contributed by atoms with E-state index < -0.39 is 0 Å². The van der Waals surface area contributed by atoms with E-state index in [0.717, 1.165) is 17.5 Å². The molecule has 0 saturated carbocycles. The monoisotopic (exact) mass is 305 g/mol. The molecule has 1 aliphatic rings. The maximum absolute atomic E-state index is 12.8. The topological polar surface area (TPSA) is 20.3 Å². The van der Waals surface area contributed by atoms with Gasteiger partial charge in [0.2, 0.25) is 0 Å². The summed E-state index contributed by atoms with van der Waals surface area (Å²) >= 11 is 0. The molecule has 0 bridgehead atoms. The van der Waals surface area contributed by atoms with Gasteiger partial charge in [0.05, 0.1) is 6.04 Å². The second-order valence-corrected chi connectivity index (χ2v) is 6.02. The highest BCUT2D eigenvalue weighted by molar-refractivity contribution is 5.99. The van der Waals surface area contributed by atoms with Crippen molar-refractivity contribution in [2.45, 2.75) is 38.8 Å². The molecule has 0 N–H and O–H groups in total. The fourth-order valence-electron chi connectivity index (χ4n) is 3.10. The maximum atomic E-state index is 12.8. The third kappa shape index (κ3) is 3.37. The number of benzene rings is 2. The second-order valence-electron chi connectivity index (χ2n) is 6.02. The first-order valence-electron chi connectivity index (χ1n) is 8.41. The fourth-order valence-corrected chi connectivity index (χ4v) is 3.10. The van der Waals surface area contributed by atoms with Crippen molar-refractivity contribution in [2.75, 3.05) is 0 Å². The highest BCUT2D eigenvalue weighted by atomic mass is 16.2. The zero-order valence-corrected chi connectivity index (χ0v) is 13.6. The standard InChI is InChI=1S/C21H23NO/c1-2-3-4-8-15-20-18-13-9-10-14-19(18)21(23)22(20)16-17-11-6-5-7-12-17/h5-15,20H,2-4,16H2,1H3/b15-8+. The Labute approximate surface area is 138 Å². The minimum absolute atomic E-state index is 0.0516. The third-order valence-corrected chi connectivity index (χ3v) is 4.34. The average molecular weight is 305 g/mol. The Morgan fingerprint density at radius 1 is 1.04 bits per heavy atom. The van der Waals surface area contributed by atoms with E-state index in [0.29, 0.717) is 6.54 Å². The molecule has 3 rings (SSSR count). The van der Waals surface area contributed by atoms with Crippen LogP contribution in [0.2, 0.25) is 0 Å². The van der Waals surface area contributed by atoms with E-state index in [1.54, 1.807) is 0 Å². The lowest BCUT2D eigenvalue weighted by Gasteiger charge is -2.23. The van der Waals surface area contributed by atoms with Crippen LogP contribution in [0.3, 0.4) is 0 Å². The molecule has 0 fully saturated rings. The van der Waals surface area contributed by atoms with Gasteiger partial charge in [-0.15, -0.1) is 0 Å². The van der Waals surface area contributed by atoms with Crippen LogP contribution in [0.4, 0.5) is 0 Å². The molecule has 2 aromatic rings. The van der Waals surface area contributed by atoms with Gasteiger partial charge in [0.15, 0.2) is 0 Å². The summed E-state index contributed by atoms with van der Waals surface area (Å²) in [6.07, 6.45) is 7.88. The lowest BCUT2D eigenvalue weighted by molar-refractivity contribution is 0.0740. The molecule has 1 unspecified atom stereocenters. The van der Waals surface area contributed by atoms with E-state index in [4.69, 9.17) is 0 Å². The highest BCUT2D eigenvalue weighted by Gasteiger charge is 2.34. The van der Waals surface area contributed by atoms with Gasteiger partial charge in [-0.05, 0) is 23.6 Å². The number of nitrogens with zero attached hydrogens (tertiary/aromatic N) is 1. The van der Waals surface area contributed by atoms with Crippen LogP contribution in [0.15, 0.2) is 66.7 Å². The van der Waals surface area contributed by atoms with Crippen LogP contribution in [0.1, 0.15) is 53.7 Å². The summed E-state index contributed by atoms with van der Waals surface area (Å²) in [5, 5.41) is 0. The summed E-state index contributed by atoms with van der Waals surface area (Å²) in [4.78, 5) is 14.8.